The molecule has 0 bridgehead atoms. The lowest BCUT2D eigenvalue weighted by Crippen LogP contribution is -2.26. The third kappa shape index (κ3) is 7.34. The van der Waals surface area contributed by atoms with Crippen LogP contribution in [0.4, 0.5) is 26.3 Å². The lowest BCUT2D eigenvalue weighted by molar-refractivity contribution is -0.138. The molecular weight excluding hydrogens is 646 g/mol. The number of benzene rings is 4. The Morgan fingerprint density at radius 2 is 1.08 bits per heavy atom. The first kappa shape index (κ1) is 34.8. The molecule has 0 aliphatic rings. The molecule has 14 heteroatoms. The van der Waals surface area contributed by atoms with Crippen LogP contribution in [-0.4, -0.2) is 25.2 Å². The molecule has 0 radical (unpaired) electrons. The van der Waals surface area contributed by atoms with E-state index in [-0.39, 0.29) is 40.2 Å². The van der Waals surface area contributed by atoms with Gasteiger partial charge in [0.2, 0.25) is 0 Å². The van der Waals surface area contributed by atoms with Crippen molar-refractivity contribution in [3.63, 3.8) is 0 Å². The van der Waals surface area contributed by atoms with Crippen LogP contribution < -0.4 is 19.9 Å². The number of alkyl halides is 6. The van der Waals surface area contributed by atoms with E-state index in [9.17, 15) is 46.5 Å². The summed E-state index contributed by atoms with van der Waals surface area (Å²) in [7, 11) is 0. The van der Waals surface area contributed by atoms with E-state index in [1.165, 1.54) is 38.1 Å². The van der Waals surface area contributed by atoms with Crippen molar-refractivity contribution < 1.29 is 54.9 Å². The summed E-state index contributed by atoms with van der Waals surface area (Å²) in [5.74, 6) is -4.36. The molecule has 4 aromatic rings. The van der Waals surface area contributed by atoms with Crippen LogP contribution in [0.1, 0.15) is 25.0 Å². The molecule has 4 aromatic carbocycles. The molecule has 8 nitrogen and oxygen atoms in total. The minimum Gasteiger partial charge on any atom is -0.462 e. The second-order valence-corrected chi connectivity index (χ2v) is 9.62. The number of nitrogens with zero attached hydrogens (tertiary/aromatic N) is 2. The third-order valence-electron chi connectivity index (χ3n) is 6.59. The Morgan fingerprint density at radius 1 is 0.625 bits per heavy atom. The van der Waals surface area contributed by atoms with Crippen molar-refractivity contribution in [2.24, 2.45) is 0 Å². The van der Waals surface area contributed by atoms with Gasteiger partial charge in [-0.25, -0.2) is 9.59 Å². The van der Waals surface area contributed by atoms with Gasteiger partial charge in [0.05, 0.1) is 34.8 Å². The van der Waals surface area contributed by atoms with Gasteiger partial charge in [0, 0.05) is 0 Å². The Labute approximate surface area is 268 Å². The van der Waals surface area contributed by atoms with Crippen LogP contribution in [0.25, 0.3) is 21.9 Å². The van der Waals surface area contributed by atoms with Crippen molar-refractivity contribution in [3.8, 4) is 35.1 Å². The maximum atomic E-state index is 13.7. The fourth-order valence-electron chi connectivity index (χ4n) is 4.58. The second-order valence-electron chi connectivity index (χ2n) is 9.62. The number of nitriles is 2. The molecule has 0 saturated carbocycles. The number of hydrogen-bond acceptors (Lipinski definition) is 8. The predicted octanol–water partition coefficient (Wildman–Crippen LogP) is 6.94. The summed E-state index contributed by atoms with van der Waals surface area (Å²) in [6.45, 7) is 2.55. The van der Waals surface area contributed by atoms with Crippen LogP contribution in [0.2, 0.25) is 0 Å². The fourth-order valence-corrected chi connectivity index (χ4v) is 4.58. The molecule has 0 spiro atoms. The summed E-state index contributed by atoms with van der Waals surface area (Å²) in [6, 6.07) is 15.8. The highest BCUT2D eigenvalue weighted by molar-refractivity contribution is 6.20. The first-order valence-electron chi connectivity index (χ1n) is 13.9. The number of hydrogen-bond donors (Lipinski definition) is 0. The Hall–Kier alpha value is -6.02. The second kappa shape index (κ2) is 14.2. The molecule has 0 aromatic heterocycles. The summed E-state index contributed by atoms with van der Waals surface area (Å²) >= 11 is 0. The van der Waals surface area contributed by atoms with Gasteiger partial charge in [0.1, 0.15) is 34.8 Å². The van der Waals surface area contributed by atoms with Gasteiger partial charge in [0.15, 0.2) is 11.5 Å². The normalized spacial score (nSPS) is 12.7. The van der Waals surface area contributed by atoms with Crippen LogP contribution in [0.3, 0.4) is 0 Å². The SMILES string of the molecule is CCOC(=O)/C(C#N)=c1/c(Oc2ccc(C(F)(F)F)cc2)c(Oc2cccc(C(F)(F)F)c2)/c(=C(\C#N)C(=O)OCC)c2ccccc12. The fraction of sp³-hybridized carbons (Fsp3) is 0.176. The van der Waals surface area contributed by atoms with E-state index in [0.29, 0.717) is 18.2 Å². The molecule has 246 valence electrons. The number of esters is 2. The van der Waals surface area contributed by atoms with Gasteiger partial charge in [0.25, 0.3) is 0 Å². The maximum Gasteiger partial charge on any atom is 0.416 e. The largest absolute Gasteiger partial charge is 0.462 e. The summed E-state index contributed by atoms with van der Waals surface area (Å²) < 4.78 is 103. The molecule has 48 heavy (non-hydrogen) atoms. The van der Waals surface area contributed by atoms with Crippen LogP contribution in [0.5, 0.6) is 23.0 Å². The zero-order valence-electron chi connectivity index (χ0n) is 25.0. The number of rotatable bonds is 8. The molecule has 0 saturated heterocycles. The first-order valence-corrected chi connectivity index (χ1v) is 13.9. The number of carbonyl (C=O) groups is 2. The van der Waals surface area contributed by atoms with Crippen LogP contribution >= 0.6 is 0 Å². The van der Waals surface area contributed by atoms with Crippen LogP contribution in [0, 0.1) is 22.7 Å². The monoisotopic (exact) mass is 668 g/mol. The van der Waals surface area contributed by atoms with Crippen molar-refractivity contribution >= 4 is 33.9 Å². The molecule has 0 atom stereocenters. The van der Waals surface area contributed by atoms with Gasteiger partial charge in [-0.15, -0.1) is 0 Å². The Kier molecular flexibility index (Phi) is 10.3. The molecule has 0 aliphatic heterocycles. The molecule has 0 aliphatic carbocycles. The average molecular weight is 669 g/mol. The first-order chi connectivity index (χ1) is 22.7. The average Bonchev–Trinajstić information content (AvgIpc) is 3.04. The molecule has 0 heterocycles. The van der Waals surface area contributed by atoms with E-state index >= 15 is 0 Å². The van der Waals surface area contributed by atoms with E-state index in [1.807, 2.05) is 0 Å². The summed E-state index contributed by atoms with van der Waals surface area (Å²) in [5, 5.41) is 19.6. The number of fused-ring (bicyclic) bond motifs is 1. The van der Waals surface area contributed by atoms with Gasteiger partial charge in [-0.05, 0) is 67.1 Å². The van der Waals surface area contributed by atoms with E-state index in [4.69, 9.17) is 18.9 Å². The predicted molar refractivity (Wildman–Crippen MR) is 158 cm³/mol. The Balaban J connectivity index is 2.29. The highest BCUT2D eigenvalue weighted by atomic mass is 19.4. The zero-order valence-corrected chi connectivity index (χ0v) is 25.0. The molecule has 0 unspecified atom stereocenters. The van der Waals surface area contributed by atoms with Gasteiger partial charge >= 0.3 is 24.3 Å². The van der Waals surface area contributed by atoms with Crippen molar-refractivity contribution in [2.75, 3.05) is 13.2 Å². The van der Waals surface area contributed by atoms with E-state index in [0.717, 1.165) is 30.3 Å². The zero-order chi connectivity index (χ0) is 35.2. The highest BCUT2D eigenvalue weighted by Crippen LogP contribution is 2.37. The summed E-state index contributed by atoms with van der Waals surface area (Å²) in [5.41, 5.74) is -3.58. The molecule has 0 amide bonds. The standard InChI is InChI=1S/C34H22F6N2O6/c1-3-45-31(43)25(17-41)27-23-10-5-6-11-24(23)28(26(18-42)32(44)46-4-2)30(48-22-9-7-8-20(16-22)34(38,39)40)29(27)47-21-14-12-19(13-15-21)33(35,36)37/h5-16H,3-4H2,1-2H3/b27-25+,28-26+. The van der Waals surface area contributed by atoms with Gasteiger partial charge < -0.3 is 18.9 Å². The lowest BCUT2D eigenvalue weighted by atomic mass is 9.98. The molecule has 0 N–H and O–H groups in total. The molecule has 0 fully saturated rings. The molecule has 4 rings (SSSR count). The topological polar surface area (TPSA) is 119 Å². The smallest absolute Gasteiger partial charge is 0.416 e. The third-order valence-corrected chi connectivity index (χ3v) is 6.59. The number of ether oxygens (including phenoxy) is 4. The Bertz CT molecular complexity index is 2090. The van der Waals surface area contributed by atoms with Gasteiger partial charge in [-0.2, -0.15) is 36.9 Å². The van der Waals surface area contributed by atoms with Crippen molar-refractivity contribution in [3.05, 3.63) is 94.4 Å². The maximum absolute atomic E-state index is 13.7. The quantitative estimate of drug-likeness (QED) is 0.146. The van der Waals surface area contributed by atoms with Crippen LogP contribution in [0.15, 0.2) is 72.8 Å². The summed E-state index contributed by atoms with van der Waals surface area (Å²) in [6.07, 6.45) is -9.55. The van der Waals surface area contributed by atoms with Gasteiger partial charge in [-0.3, -0.25) is 0 Å². The minimum absolute atomic E-state index is 0.00380. The molecular formula is C34H22F6N2O6. The number of halogens is 6. The van der Waals surface area contributed by atoms with Crippen molar-refractivity contribution in [1.82, 2.24) is 0 Å². The Morgan fingerprint density at radius 3 is 1.50 bits per heavy atom. The van der Waals surface area contributed by atoms with E-state index < -0.39 is 63.8 Å². The highest BCUT2D eigenvalue weighted by Gasteiger charge is 2.32. The van der Waals surface area contributed by atoms with E-state index in [1.54, 1.807) is 12.1 Å². The summed E-state index contributed by atoms with van der Waals surface area (Å²) in [4.78, 5) is 26.2. The van der Waals surface area contributed by atoms with Crippen molar-refractivity contribution in [2.45, 2.75) is 26.2 Å². The lowest BCUT2D eigenvalue weighted by Gasteiger charge is -2.19. The minimum atomic E-state index is -4.82. The van der Waals surface area contributed by atoms with Gasteiger partial charge in [-0.1, -0.05) is 30.3 Å². The van der Waals surface area contributed by atoms with Crippen molar-refractivity contribution in [1.29, 1.82) is 10.5 Å². The number of carbonyl (C=O) groups excluding carboxylic acids is 2. The van der Waals surface area contributed by atoms with E-state index in [2.05, 4.69) is 0 Å². The van der Waals surface area contributed by atoms with Crippen LogP contribution in [-0.2, 0) is 31.4 Å².